The van der Waals surface area contributed by atoms with Crippen LogP contribution in [0.25, 0.3) is 0 Å². The SMILES string of the molecule is C=CCCCN(C)C(=O)Nc1ccc(C)c(C(=O)O)c1. The van der Waals surface area contributed by atoms with Crippen LogP contribution in [0.2, 0.25) is 0 Å². The minimum Gasteiger partial charge on any atom is -0.478 e. The molecule has 5 nitrogen and oxygen atoms in total. The fourth-order valence-electron chi connectivity index (χ4n) is 1.72. The fourth-order valence-corrected chi connectivity index (χ4v) is 1.72. The third-order valence-electron chi connectivity index (χ3n) is 2.97. The molecule has 108 valence electrons. The second kappa shape index (κ2) is 7.33. The van der Waals surface area contributed by atoms with Gasteiger partial charge in [0.25, 0.3) is 0 Å². The van der Waals surface area contributed by atoms with Crippen molar-refractivity contribution in [3.8, 4) is 0 Å². The number of hydrogen-bond donors (Lipinski definition) is 2. The quantitative estimate of drug-likeness (QED) is 0.619. The van der Waals surface area contributed by atoms with Crippen LogP contribution in [0.3, 0.4) is 0 Å². The molecule has 2 amide bonds. The Hall–Kier alpha value is -2.30. The lowest BCUT2D eigenvalue weighted by molar-refractivity contribution is 0.0696. The number of carboxylic acids is 1. The summed E-state index contributed by atoms with van der Waals surface area (Å²) in [6.07, 6.45) is 3.51. The van der Waals surface area contributed by atoms with Crippen LogP contribution in [0.5, 0.6) is 0 Å². The number of aryl methyl sites for hydroxylation is 1. The molecule has 0 fully saturated rings. The Labute approximate surface area is 118 Å². The van der Waals surface area contributed by atoms with Crippen molar-refractivity contribution < 1.29 is 14.7 Å². The smallest absolute Gasteiger partial charge is 0.336 e. The van der Waals surface area contributed by atoms with E-state index in [0.29, 0.717) is 17.8 Å². The normalized spacial score (nSPS) is 9.90. The van der Waals surface area contributed by atoms with Gasteiger partial charge in [-0.3, -0.25) is 0 Å². The Kier molecular flexibility index (Phi) is 5.77. The maximum atomic E-state index is 11.9. The Morgan fingerprint density at radius 2 is 2.15 bits per heavy atom. The highest BCUT2D eigenvalue weighted by atomic mass is 16.4. The fraction of sp³-hybridized carbons (Fsp3) is 0.333. The molecule has 0 atom stereocenters. The third-order valence-corrected chi connectivity index (χ3v) is 2.97. The number of nitrogens with zero attached hydrogens (tertiary/aromatic N) is 1. The van der Waals surface area contributed by atoms with Crippen molar-refractivity contribution in [2.24, 2.45) is 0 Å². The predicted octanol–water partition coefficient (Wildman–Crippen LogP) is 3.12. The van der Waals surface area contributed by atoms with Crippen LogP contribution in [0.1, 0.15) is 28.8 Å². The van der Waals surface area contributed by atoms with Crippen LogP contribution in [-0.2, 0) is 0 Å². The third kappa shape index (κ3) is 4.42. The summed E-state index contributed by atoms with van der Waals surface area (Å²) in [5.41, 5.74) is 1.33. The zero-order valence-electron chi connectivity index (χ0n) is 11.8. The van der Waals surface area contributed by atoms with Crippen molar-refractivity contribution in [2.45, 2.75) is 19.8 Å². The number of allylic oxidation sites excluding steroid dienone is 1. The van der Waals surface area contributed by atoms with Gasteiger partial charge in [0.1, 0.15) is 0 Å². The van der Waals surface area contributed by atoms with E-state index in [9.17, 15) is 9.59 Å². The van der Waals surface area contributed by atoms with Crippen LogP contribution >= 0.6 is 0 Å². The number of amides is 2. The van der Waals surface area contributed by atoms with Gasteiger partial charge in [-0.15, -0.1) is 6.58 Å². The largest absolute Gasteiger partial charge is 0.478 e. The molecule has 20 heavy (non-hydrogen) atoms. The molecule has 0 aliphatic rings. The average Bonchev–Trinajstić information content (AvgIpc) is 2.40. The lowest BCUT2D eigenvalue weighted by Crippen LogP contribution is -2.32. The molecule has 0 saturated heterocycles. The van der Waals surface area contributed by atoms with Gasteiger partial charge in [-0.2, -0.15) is 0 Å². The minimum atomic E-state index is -1.00. The summed E-state index contributed by atoms with van der Waals surface area (Å²) < 4.78 is 0. The van der Waals surface area contributed by atoms with Crippen molar-refractivity contribution in [3.63, 3.8) is 0 Å². The van der Waals surface area contributed by atoms with Gasteiger partial charge in [-0.1, -0.05) is 12.1 Å². The van der Waals surface area contributed by atoms with Gasteiger partial charge < -0.3 is 15.3 Å². The highest BCUT2D eigenvalue weighted by molar-refractivity contribution is 5.94. The molecule has 0 aromatic heterocycles. The minimum absolute atomic E-state index is 0.192. The number of unbranched alkanes of at least 4 members (excludes halogenated alkanes) is 1. The van der Waals surface area contributed by atoms with E-state index >= 15 is 0 Å². The Balaban J connectivity index is 2.68. The molecule has 0 spiro atoms. The van der Waals surface area contributed by atoms with E-state index in [4.69, 9.17) is 5.11 Å². The first-order valence-corrected chi connectivity index (χ1v) is 6.42. The Bertz CT molecular complexity index is 512. The summed E-state index contributed by atoms with van der Waals surface area (Å²) in [7, 11) is 1.70. The van der Waals surface area contributed by atoms with E-state index in [2.05, 4.69) is 11.9 Å². The molecule has 0 unspecified atom stereocenters. The number of hydrogen-bond acceptors (Lipinski definition) is 2. The first-order chi connectivity index (χ1) is 9.45. The molecule has 0 radical (unpaired) electrons. The van der Waals surface area contributed by atoms with Crippen LogP contribution in [0.4, 0.5) is 10.5 Å². The molecule has 0 saturated carbocycles. The molecule has 5 heteroatoms. The van der Waals surface area contributed by atoms with Gasteiger partial charge in [0.15, 0.2) is 0 Å². The van der Waals surface area contributed by atoms with Gasteiger partial charge in [0.2, 0.25) is 0 Å². The number of anilines is 1. The summed E-state index contributed by atoms with van der Waals surface area (Å²) >= 11 is 0. The Morgan fingerprint density at radius 1 is 1.45 bits per heavy atom. The van der Waals surface area contributed by atoms with Gasteiger partial charge >= 0.3 is 12.0 Å². The van der Waals surface area contributed by atoms with E-state index < -0.39 is 5.97 Å². The van der Waals surface area contributed by atoms with Crippen molar-refractivity contribution >= 4 is 17.7 Å². The predicted molar refractivity (Wildman–Crippen MR) is 79.2 cm³/mol. The number of carbonyl (C=O) groups is 2. The molecule has 0 aliphatic heterocycles. The van der Waals surface area contributed by atoms with Crippen LogP contribution < -0.4 is 5.32 Å². The molecule has 0 aliphatic carbocycles. The van der Waals surface area contributed by atoms with E-state index in [1.165, 1.54) is 6.07 Å². The molecular formula is C15H20N2O3. The molecule has 1 rings (SSSR count). The first-order valence-electron chi connectivity index (χ1n) is 6.42. The van der Waals surface area contributed by atoms with Gasteiger partial charge in [0.05, 0.1) is 5.56 Å². The summed E-state index contributed by atoms with van der Waals surface area (Å²) in [5.74, 6) is -1.00. The van der Waals surface area contributed by atoms with Crippen molar-refractivity contribution in [2.75, 3.05) is 18.9 Å². The number of urea groups is 1. The number of carboxylic acid groups (broad SMARTS) is 1. The Morgan fingerprint density at radius 3 is 2.75 bits per heavy atom. The average molecular weight is 276 g/mol. The molecule has 0 heterocycles. The zero-order valence-corrected chi connectivity index (χ0v) is 11.8. The van der Waals surface area contributed by atoms with Crippen LogP contribution in [-0.4, -0.2) is 35.6 Å². The van der Waals surface area contributed by atoms with Gasteiger partial charge in [-0.25, -0.2) is 9.59 Å². The summed E-state index contributed by atoms with van der Waals surface area (Å²) in [5, 5.41) is 11.7. The zero-order chi connectivity index (χ0) is 15.1. The number of carbonyl (C=O) groups excluding carboxylic acids is 1. The maximum absolute atomic E-state index is 11.9. The highest BCUT2D eigenvalue weighted by Gasteiger charge is 2.11. The van der Waals surface area contributed by atoms with Gasteiger partial charge in [0, 0.05) is 19.3 Å². The summed E-state index contributed by atoms with van der Waals surface area (Å²) in [4.78, 5) is 24.5. The number of rotatable bonds is 6. The van der Waals surface area contributed by atoms with Crippen LogP contribution in [0, 0.1) is 6.92 Å². The van der Waals surface area contributed by atoms with Crippen molar-refractivity contribution in [1.29, 1.82) is 0 Å². The molecule has 1 aromatic carbocycles. The van der Waals surface area contributed by atoms with E-state index in [1.807, 2.05) is 6.08 Å². The molecule has 0 bridgehead atoms. The van der Waals surface area contributed by atoms with Gasteiger partial charge in [-0.05, 0) is 37.5 Å². The number of aromatic carboxylic acids is 1. The second-order valence-electron chi connectivity index (χ2n) is 4.62. The second-order valence-corrected chi connectivity index (χ2v) is 4.62. The maximum Gasteiger partial charge on any atom is 0.336 e. The van der Waals surface area contributed by atoms with E-state index in [0.717, 1.165) is 12.8 Å². The highest BCUT2D eigenvalue weighted by Crippen LogP contribution is 2.15. The van der Waals surface area contributed by atoms with E-state index in [-0.39, 0.29) is 11.6 Å². The monoisotopic (exact) mass is 276 g/mol. The standard InChI is InChI=1S/C15H20N2O3/c1-4-5-6-9-17(3)15(20)16-12-8-7-11(2)13(10-12)14(18)19/h4,7-8,10H,1,5-6,9H2,2-3H3,(H,16,20)(H,18,19). The lowest BCUT2D eigenvalue weighted by Gasteiger charge is -2.18. The topological polar surface area (TPSA) is 69.6 Å². The number of nitrogens with one attached hydrogen (secondary N) is 1. The van der Waals surface area contributed by atoms with Crippen LogP contribution in [0.15, 0.2) is 30.9 Å². The molecule has 1 aromatic rings. The molecule has 2 N–H and O–H groups in total. The van der Waals surface area contributed by atoms with Crippen molar-refractivity contribution in [3.05, 3.63) is 42.0 Å². The lowest BCUT2D eigenvalue weighted by atomic mass is 10.1. The first kappa shape index (κ1) is 15.8. The summed E-state index contributed by atoms with van der Waals surface area (Å²) in [6.45, 7) is 5.97. The van der Waals surface area contributed by atoms with E-state index in [1.54, 1.807) is 31.0 Å². The number of benzene rings is 1. The molecular weight excluding hydrogens is 256 g/mol. The van der Waals surface area contributed by atoms with Crippen molar-refractivity contribution in [1.82, 2.24) is 4.90 Å². The summed E-state index contributed by atoms with van der Waals surface area (Å²) in [6, 6.07) is 4.58.